The van der Waals surface area contributed by atoms with Crippen molar-refractivity contribution >= 4 is 5.97 Å². The molecule has 0 atom stereocenters. The Morgan fingerprint density at radius 1 is 1.36 bits per heavy atom. The lowest BCUT2D eigenvalue weighted by Gasteiger charge is -2.11. The molecule has 1 aliphatic rings. The molecule has 80 valence electrons. The average Bonchev–Trinajstić information content (AvgIpc) is 2.20. The maximum absolute atomic E-state index is 10.5. The number of hydrogen-bond acceptors (Lipinski definition) is 2. The Kier molecular flexibility index (Phi) is 6.81. The molecule has 0 amide bonds. The van der Waals surface area contributed by atoms with Crippen LogP contribution in [0.15, 0.2) is 23.3 Å². The summed E-state index contributed by atoms with van der Waals surface area (Å²) in [4.78, 5) is 10.5. The first-order valence-corrected chi connectivity index (χ1v) is 5.17. The normalized spacial score (nSPS) is 14.6. The van der Waals surface area contributed by atoms with Gasteiger partial charge in [-0.15, -0.1) is 0 Å². The molecule has 0 aliphatic heterocycles. The summed E-state index contributed by atoms with van der Waals surface area (Å²) in [5, 5.41) is 0. The van der Waals surface area contributed by atoms with Crippen LogP contribution in [-0.2, 0) is 9.53 Å². The third kappa shape index (κ3) is 5.57. The third-order valence-corrected chi connectivity index (χ3v) is 1.90. The van der Waals surface area contributed by atoms with Crippen molar-refractivity contribution in [3.63, 3.8) is 0 Å². The quantitative estimate of drug-likeness (QED) is 0.634. The molecular formula is C12H20O2. The average molecular weight is 196 g/mol. The zero-order valence-electron chi connectivity index (χ0n) is 9.59. The highest BCUT2D eigenvalue weighted by Gasteiger charge is 2.04. The van der Waals surface area contributed by atoms with Crippen LogP contribution in [0.3, 0.4) is 0 Å². The minimum atomic E-state index is -0.206. The molecular weight excluding hydrogens is 176 g/mol. The fourth-order valence-electron chi connectivity index (χ4n) is 1.10. The maximum atomic E-state index is 10.5. The van der Waals surface area contributed by atoms with Crippen molar-refractivity contribution < 1.29 is 9.53 Å². The van der Waals surface area contributed by atoms with Crippen LogP contribution in [0.4, 0.5) is 0 Å². The lowest BCUT2D eigenvalue weighted by atomic mass is 10.0. The Morgan fingerprint density at radius 2 is 2.00 bits per heavy atom. The van der Waals surface area contributed by atoms with Crippen LogP contribution in [0.5, 0.6) is 0 Å². The molecule has 0 spiro atoms. The third-order valence-electron chi connectivity index (χ3n) is 1.90. The number of allylic oxidation sites excluding steroid dienone is 3. The number of esters is 1. The van der Waals surface area contributed by atoms with Crippen LogP contribution in [-0.4, -0.2) is 12.6 Å². The van der Waals surface area contributed by atoms with Crippen LogP contribution in [0.25, 0.3) is 0 Å². The highest BCUT2D eigenvalue weighted by Crippen LogP contribution is 2.17. The summed E-state index contributed by atoms with van der Waals surface area (Å²) in [6.07, 6.45) is 6.24. The van der Waals surface area contributed by atoms with Gasteiger partial charge in [-0.2, -0.15) is 0 Å². The Morgan fingerprint density at radius 3 is 2.43 bits per heavy atom. The fourth-order valence-corrected chi connectivity index (χ4v) is 1.10. The summed E-state index contributed by atoms with van der Waals surface area (Å²) in [6.45, 7) is 8.00. The van der Waals surface area contributed by atoms with Gasteiger partial charge in [0.1, 0.15) is 6.61 Å². The second-order valence-electron chi connectivity index (χ2n) is 3.12. The molecule has 1 aliphatic carbocycles. The molecule has 0 fully saturated rings. The predicted molar refractivity (Wildman–Crippen MR) is 59.1 cm³/mol. The minimum absolute atomic E-state index is 0.206. The molecule has 14 heavy (non-hydrogen) atoms. The smallest absolute Gasteiger partial charge is 0.302 e. The Bertz CT molecular complexity index is 237. The lowest BCUT2D eigenvalue weighted by Crippen LogP contribution is -2.04. The summed E-state index contributed by atoms with van der Waals surface area (Å²) < 4.78 is 4.88. The topological polar surface area (TPSA) is 26.3 Å². The first-order valence-electron chi connectivity index (χ1n) is 5.17. The van der Waals surface area contributed by atoms with Gasteiger partial charge in [-0.3, -0.25) is 4.79 Å². The monoisotopic (exact) mass is 196 g/mol. The van der Waals surface area contributed by atoms with Crippen molar-refractivity contribution in [1.29, 1.82) is 0 Å². The fraction of sp³-hybridized carbons (Fsp3) is 0.583. The lowest BCUT2D eigenvalue weighted by molar-refractivity contribution is -0.140. The molecule has 2 heteroatoms. The van der Waals surface area contributed by atoms with Gasteiger partial charge >= 0.3 is 5.97 Å². The van der Waals surface area contributed by atoms with Crippen molar-refractivity contribution in [2.24, 2.45) is 0 Å². The van der Waals surface area contributed by atoms with Crippen LogP contribution in [0.1, 0.15) is 40.5 Å². The van der Waals surface area contributed by atoms with E-state index in [-0.39, 0.29) is 5.97 Å². The molecule has 0 aromatic rings. The number of carbonyl (C=O) groups excluding carboxylic acids is 1. The van der Waals surface area contributed by atoms with E-state index in [9.17, 15) is 4.79 Å². The summed E-state index contributed by atoms with van der Waals surface area (Å²) >= 11 is 0. The van der Waals surface area contributed by atoms with Gasteiger partial charge in [-0.25, -0.2) is 0 Å². The summed E-state index contributed by atoms with van der Waals surface area (Å²) in [5.74, 6) is -0.206. The van der Waals surface area contributed by atoms with E-state index in [0.29, 0.717) is 6.61 Å². The molecule has 0 aromatic carbocycles. The van der Waals surface area contributed by atoms with Gasteiger partial charge in [0, 0.05) is 6.92 Å². The van der Waals surface area contributed by atoms with Gasteiger partial charge in [0.15, 0.2) is 0 Å². The minimum Gasteiger partial charge on any atom is -0.461 e. The zero-order valence-corrected chi connectivity index (χ0v) is 9.59. The van der Waals surface area contributed by atoms with Crippen LogP contribution in [0, 0.1) is 0 Å². The van der Waals surface area contributed by atoms with E-state index in [1.807, 2.05) is 19.9 Å². The second-order valence-corrected chi connectivity index (χ2v) is 3.12. The van der Waals surface area contributed by atoms with Crippen molar-refractivity contribution in [2.45, 2.75) is 40.5 Å². The molecule has 0 bridgehead atoms. The van der Waals surface area contributed by atoms with Gasteiger partial charge in [0.2, 0.25) is 0 Å². The number of hydrogen-bond donors (Lipinski definition) is 0. The molecule has 0 saturated carbocycles. The van der Waals surface area contributed by atoms with Gasteiger partial charge in [-0.1, -0.05) is 31.6 Å². The van der Waals surface area contributed by atoms with Crippen LogP contribution >= 0.6 is 0 Å². The molecule has 0 saturated heterocycles. The van der Waals surface area contributed by atoms with E-state index in [4.69, 9.17) is 4.74 Å². The largest absolute Gasteiger partial charge is 0.461 e. The number of ether oxygens (including phenoxy) is 1. The summed E-state index contributed by atoms with van der Waals surface area (Å²) in [5.41, 5.74) is 2.59. The van der Waals surface area contributed by atoms with Gasteiger partial charge in [-0.05, 0) is 25.3 Å². The Labute approximate surface area is 86.6 Å². The molecule has 0 aromatic heterocycles. The van der Waals surface area contributed by atoms with Crippen LogP contribution in [0.2, 0.25) is 0 Å². The maximum Gasteiger partial charge on any atom is 0.302 e. The number of rotatable bonds is 2. The predicted octanol–water partition coefficient (Wildman–Crippen LogP) is 3.24. The first kappa shape index (κ1) is 12.9. The molecule has 0 heterocycles. The van der Waals surface area contributed by atoms with E-state index in [1.165, 1.54) is 18.1 Å². The van der Waals surface area contributed by atoms with Gasteiger partial charge in [0.25, 0.3) is 0 Å². The van der Waals surface area contributed by atoms with Gasteiger partial charge in [0.05, 0.1) is 0 Å². The van der Waals surface area contributed by atoms with E-state index in [1.54, 1.807) is 0 Å². The van der Waals surface area contributed by atoms with Crippen molar-refractivity contribution in [1.82, 2.24) is 0 Å². The van der Waals surface area contributed by atoms with E-state index in [2.05, 4.69) is 13.0 Å². The molecule has 1 rings (SSSR count). The Balaban J connectivity index is 0.000000791. The van der Waals surface area contributed by atoms with E-state index in [0.717, 1.165) is 12.8 Å². The summed E-state index contributed by atoms with van der Waals surface area (Å²) in [6, 6.07) is 0. The van der Waals surface area contributed by atoms with Crippen molar-refractivity contribution in [3.8, 4) is 0 Å². The highest BCUT2D eigenvalue weighted by molar-refractivity contribution is 5.66. The van der Waals surface area contributed by atoms with Crippen LogP contribution < -0.4 is 0 Å². The highest BCUT2D eigenvalue weighted by atomic mass is 16.5. The van der Waals surface area contributed by atoms with E-state index < -0.39 is 0 Å². The summed E-state index contributed by atoms with van der Waals surface area (Å²) in [7, 11) is 0. The molecule has 0 radical (unpaired) electrons. The van der Waals surface area contributed by atoms with E-state index >= 15 is 0 Å². The van der Waals surface area contributed by atoms with Gasteiger partial charge < -0.3 is 4.74 Å². The first-order chi connectivity index (χ1) is 6.68. The van der Waals surface area contributed by atoms with Crippen molar-refractivity contribution in [2.75, 3.05) is 6.61 Å². The zero-order chi connectivity index (χ0) is 11.0. The molecule has 0 unspecified atom stereocenters. The van der Waals surface area contributed by atoms with Crippen molar-refractivity contribution in [3.05, 3.63) is 23.3 Å². The SMILES string of the molecule is CC.CC(=O)OCC1=CC=C(C)CC1. The molecule has 0 N–H and O–H groups in total. The Hall–Kier alpha value is -1.05. The standard InChI is InChI=1S/C10H14O2.C2H6/c1-8-3-5-10(6-4-8)7-12-9(2)11;1-2/h3,5H,4,6-7H2,1-2H3;1-2H3. The number of carbonyl (C=O) groups is 1. The molecule has 2 nitrogen and oxygen atoms in total. The second kappa shape index (κ2) is 7.36.